The summed E-state index contributed by atoms with van der Waals surface area (Å²) in [6.07, 6.45) is 0. The van der Waals surface area contributed by atoms with Gasteiger partial charge in [-0.2, -0.15) is 4.80 Å². The molecule has 0 saturated heterocycles. The molecule has 5 nitrogen and oxygen atoms in total. The molecule has 0 unspecified atom stereocenters. The molecule has 106 valence electrons. The molecular formula is C14H11ClN4OS. The zero-order valence-electron chi connectivity index (χ0n) is 11.2. The predicted octanol–water partition coefficient (Wildman–Crippen LogP) is 3.25. The van der Waals surface area contributed by atoms with Gasteiger partial charge in [-0.25, -0.2) is 0 Å². The van der Waals surface area contributed by atoms with Gasteiger partial charge in [-0.1, -0.05) is 35.9 Å². The number of aryl methyl sites for hydroxylation is 1. The third-order valence-corrected chi connectivity index (χ3v) is 4.24. The van der Waals surface area contributed by atoms with Crippen LogP contribution in [0.15, 0.2) is 36.4 Å². The standard InChI is InChI=1S/C14H11ClN4OS/c1-9-4-2-3-5-10(9)14-16-18-19(17-14)8-11(20)12-6-7-13(15)21-12/h2-7H,8H2,1H3. The van der Waals surface area contributed by atoms with Gasteiger partial charge in [0.05, 0.1) is 9.21 Å². The van der Waals surface area contributed by atoms with Crippen molar-refractivity contribution in [3.05, 3.63) is 51.2 Å². The smallest absolute Gasteiger partial charge is 0.205 e. The Kier molecular flexibility index (Phi) is 3.81. The van der Waals surface area contributed by atoms with Crippen LogP contribution >= 0.6 is 22.9 Å². The first-order chi connectivity index (χ1) is 10.1. The van der Waals surface area contributed by atoms with Crippen LogP contribution in [0.5, 0.6) is 0 Å². The second-order valence-corrected chi connectivity index (χ2v) is 6.20. The monoisotopic (exact) mass is 318 g/mol. The summed E-state index contributed by atoms with van der Waals surface area (Å²) in [5.41, 5.74) is 1.98. The summed E-state index contributed by atoms with van der Waals surface area (Å²) in [6.45, 7) is 2.03. The molecule has 0 saturated carbocycles. The molecule has 21 heavy (non-hydrogen) atoms. The molecule has 1 aromatic carbocycles. The van der Waals surface area contributed by atoms with Crippen molar-refractivity contribution in [2.75, 3.05) is 0 Å². The third kappa shape index (κ3) is 3.01. The number of carbonyl (C=O) groups excluding carboxylic acids is 1. The zero-order valence-corrected chi connectivity index (χ0v) is 12.7. The molecule has 0 spiro atoms. The molecule has 3 aromatic rings. The number of carbonyl (C=O) groups is 1. The van der Waals surface area contributed by atoms with Crippen LogP contribution in [-0.2, 0) is 6.54 Å². The van der Waals surface area contributed by atoms with Crippen molar-refractivity contribution in [3.63, 3.8) is 0 Å². The van der Waals surface area contributed by atoms with Crippen LogP contribution in [0.3, 0.4) is 0 Å². The minimum Gasteiger partial charge on any atom is -0.291 e. The summed E-state index contributed by atoms with van der Waals surface area (Å²) in [6, 6.07) is 11.2. The van der Waals surface area contributed by atoms with Gasteiger partial charge in [-0.05, 0) is 29.8 Å². The Morgan fingerprint density at radius 1 is 1.29 bits per heavy atom. The lowest BCUT2D eigenvalue weighted by atomic mass is 10.1. The van der Waals surface area contributed by atoms with Crippen LogP contribution in [-0.4, -0.2) is 26.0 Å². The Labute approximate surface area is 130 Å². The molecule has 0 fully saturated rings. The number of rotatable bonds is 4. The van der Waals surface area contributed by atoms with E-state index in [0.29, 0.717) is 15.0 Å². The minimum absolute atomic E-state index is 0.0513. The molecule has 0 amide bonds. The SMILES string of the molecule is Cc1ccccc1-c1nnn(CC(=O)c2ccc(Cl)s2)n1. The summed E-state index contributed by atoms with van der Waals surface area (Å²) in [7, 11) is 0. The largest absolute Gasteiger partial charge is 0.291 e. The molecule has 0 atom stereocenters. The maximum Gasteiger partial charge on any atom is 0.205 e. The maximum absolute atomic E-state index is 12.1. The number of thiophene rings is 1. The molecule has 0 aliphatic carbocycles. The van der Waals surface area contributed by atoms with Crippen LogP contribution in [0.1, 0.15) is 15.2 Å². The van der Waals surface area contributed by atoms with E-state index < -0.39 is 0 Å². The Balaban J connectivity index is 1.80. The van der Waals surface area contributed by atoms with Gasteiger partial charge >= 0.3 is 0 Å². The lowest BCUT2D eigenvalue weighted by Crippen LogP contribution is -2.12. The van der Waals surface area contributed by atoms with Gasteiger partial charge in [-0.15, -0.1) is 21.5 Å². The molecule has 0 aliphatic rings. The predicted molar refractivity (Wildman–Crippen MR) is 81.6 cm³/mol. The van der Waals surface area contributed by atoms with E-state index in [2.05, 4.69) is 15.4 Å². The Morgan fingerprint density at radius 3 is 2.81 bits per heavy atom. The molecule has 3 rings (SSSR count). The molecule has 0 bridgehead atoms. The number of tetrazole rings is 1. The second kappa shape index (κ2) is 5.75. The first kappa shape index (κ1) is 13.9. The minimum atomic E-state index is -0.0827. The first-order valence-corrected chi connectivity index (χ1v) is 7.45. The van der Waals surface area contributed by atoms with Crippen molar-refractivity contribution >= 4 is 28.7 Å². The summed E-state index contributed by atoms with van der Waals surface area (Å²) in [5.74, 6) is 0.436. The normalized spacial score (nSPS) is 10.8. The number of halogens is 1. The molecule has 0 N–H and O–H groups in total. The van der Waals surface area contributed by atoms with Gasteiger partial charge in [0, 0.05) is 5.56 Å². The number of Topliss-reactive ketones (excluding diaryl/α,β-unsaturated/α-hetero) is 1. The molecular weight excluding hydrogens is 308 g/mol. The van der Waals surface area contributed by atoms with E-state index in [-0.39, 0.29) is 12.3 Å². The second-order valence-electron chi connectivity index (χ2n) is 4.49. The van der Waals surface area contributed by atoms with Crippen molar-refractivity contribution in [2.45, 2.75) is 13.5 Å². The maximum atomic E-state index is 12.1. The van der Waals surface area contributed by atoms with Crippen LogP contribution in [0.2, 0.25) is 4.34 Å². The summed E-state index contributed by atoms with van der Waals surface area (Å²) >= 11 is 7.07. The average molecular weight is 319 g/mol. The van der Waals surface area contributed by atoms with E-state index in [9.17, 15) is 4.79 Å². The topological polar surface area (TPSA) is 60.7 Å². The average Bonchev–Trinajstić information content (AvgIpc) is 3.08. The summed E-state index contributed by atoms with van der Waals surface area (Å²) in [5, 5.41) is 12.2. The van der Waals surface area contributed by atoms with Crippen LogP contribution in [0.25, 0.3) is 11.4 Å². The lowest BCUT2D eigenvalue weighted by molar-refractivity contribution is 0.0965. The number of hydrogen-bond donors (Lipinski definition) is 0. The zero-order chi connectivity index (χ0) is 14.8. The first-order valence-electron chi connectivity index (χ1n) is 6.26. The number of nitrogens with zero attached hydrogens (tertiary/aromatic N) is 4. The van der Waals surface area contributed by atoms with Gasteiger partial charge in [0.25, 0.3) is 0 Å². The highest BCUT2D eigenvalue weighted by atomic mass is 35.5. The molecule has 2 aromatic heterocycles. The Morgan fingerprint density at radius 2 is 2.10 bits per heavy atom. The van der Waals surface area contributed by atoms with Gasteiger partial charge in [0.2, 0.25) is 5.82 Å². The van der Waals surface area contributed by atoms with E-state index >= 15 is 0 Å². The Bertz CT molecular complexity index is 796. The number of aromatic nitrogens is 4. The van der Waals surface area contributed by atoms with E-state index in [0.717, 1.165) is 11.1 Å². The van der Waals surface area contributed by atoms with Crippen molar-refractivity contribution in [1.29, 1.82) is 0 Å². The van der Waals surface area contributed by atoms with E-state index in [1.54, 1.807) is 12.1 Å². The van der Waals surface area contributed by atoms with Crippen molar-refractivity contribution in [2.24, 2.45) is 0 Å². The third-order valence-electron chi connectivity index (χ3n) is 2.97. The van der Waals surface area contributed by atoms with Crippen molar-refractivity contribution < 1.29 is 4.79 Å². The fourth-order valence-corrected chi connectivity index (χ4v) is 2.89. The fraction of sp³-hybridized carbons (Fsp3) is 0.143. The summed E-state index contributed by atoms with van der Waals surface area (Å²) in [4.78, 5) is 14.0. The molecule has 0 radical (unpaired) electrons. The highest BCUT2D eigenvalue weighted by molar-refractivity contribution is 7.18. The summed E-state index contributed by atoms with van der Waals surface area (Å²) < 4.78 is 0.588. The molecule has 7 heteroatoms. The molecule has 2 heterocycles. The van der Waals surface area contributed by atoms with Crippen LogP contribution < -0.4 is 0 Å². The molecule has 0 aliphatic heterocycles. The number of ketones is 1. The van der Waals surface area contributed by atoms with E-state index in [1.807, 2.05) is 31.2 Å². The van der Waals surface area contributed by atoms with Gasteiger partial charge in [-0.3, -0.25) is 4.79 Å². The Hall–Kier alpha value is -2.05. The quantitative estimate of drug-likeness (QED) is 0.693. The van der Waals surface area contributed by atoms with E-state index in [1.165, 1.54) is 16.1 Å². The van der Waals surface area contributed by atoms with Crippen LogP contribution in [0, 0.1) is 6.92 Å². The van der Waals surface area contributed by atoms with Gasteiger partial charge in [0.15, 0.2) is 5.78 Å². The highest BCUT2D eigenvalue weighted by Gasteiger charge is 2.13. The fourth-order valence-electron chi connectivity index (χ4n) is 1.91. The van der Waals surface area contributed by atoms with Crippen LogP contribution in [0.4, 0.5) is 0 Å². The van der Waals surface area contributed by atoms with E-state index in [4.69, 9.17) is 11.6 Å². The van der Waals surface area contributed by atoms with Crippen molar-refractivity contribution in [3.8, 4) is 11.4 Å². The van der Waals surface area contributed by atoms with Crippen molar-refractivity contribution in [1.82, 2.24) is 20.2 Å². The highest BCUT2D eigenvalue weighted by Crippen LogP contribution is 2.22. The van der Waals surface area contributed by atoms with Gasteiger partial charge < -0.3 is 0 Å². The number of benzene rings is 1. The van der Waals surface area contributed by atoms with Gasteiger partial charge in [0.1, 0.15) is 6.54 Å². The lowest BCUT2D eigenvalue weighted by Gasteiger charge is -1.99. The number of hydrogen-bond acceptors (Lipinski definition) is 5.